The Morgan fingerprint density at radius 3 is 2.63 bits per heavy atom. The second kappa shape index (κ2) is 7.36. The number of rotatable bonds is 5. The van der Waals surface area contributed by atoms with E-state index in [-0.39, 0.29) is 23.4 Å². The maximum Gasteiger partial charge on any atom is 0.272 e. The number of hydrogen-bond donors (Lipinski definition) is 1. The van der Waals surface area contributed by atoms with Crippen molar-refractivity contribution in [3.8, 4) is 11.5 Å². The lowest BCUT2D eigenvalue weighted by Crippen LogP contribution is -2.02. The Bertz CT molecular complexity index is 1030. The molecule has 0 saturated heterocycles. The van der Waals surface area contributed by atoms with Crippen molar-refractivity contribution in [1.29, 1.82) is 0 Å². The van der Waals surface area contributed by atoms with E-state index in [1.54, 1.807) is 6.07 Å². The number of nitrogens with two attached hydrogens (primary N) is 1. The molecule has 6 nitrogen and oxygen atoms in total. The van der Waals surface area contributed by atoms with Crippen molar-refractivity contribution >= 4 is 11.4 Å². The minimum Gasteiger partial charge on any atom is -0.451 e. The maximum absolute atomic E-state index is 14.8. The van der Waals surface area contributed by atoms with Crippen LogP contribution >= 0.6 is 0 Å². The average Bonchev–Trinajstić information content (AvgIpc) is 2.62. The molecule has 2 aromatic carbocycles. The lowest BCUT2D eigenvalue weighted by Gasteiger charge is -2.12. The normalized spacial score (nSPS) is 10.6. The highest BCUT2D eigenvalue weighted by molar-refractivity contribution is 5.49. The number of nitro groups is 1. The first-order valence-electron chi connectivity index (χ1n) is 7.95. The predicted molar refractivity (Wildman–Crippen MR) is 95.7 cm³/mol. The summed E-state index contributed by atoms with van der Waals surface area (Å²) in [6.07, 6.45) is 3.14. The molecule has 27 heavy (non-hydrogen) atoms. The maximum atomic E-state index is 14.8. The number of pyridine rings is 1. The predicted octanol–water partition coefficient (Wildman–Crippen LogP) is 4.54. The zero-order valence-corrected chi connectivity index (χ0v) is 14.3. The van der Waals surface area contributed by atoms with Crippen LogP contribution in [0.5, 0.6) is 11.5 Å². The average molecular weight is 371 g/mol. The fraction of sp³-hybridized carbons (Fsp3) is 0.105. The fourth-order valence-electron chi connectivity index (χ4n) is 2.61. The first-order chi connectivity index (χ1) is 12.9. The number of nitrogens with zero attached hydrogens (tertiary/aromatic N) is 2. The molecule has 0 spiro atoms. The highest BCUT2D eigenvalue weighted by Gasteiger charge is 2.18. The van der Waals surface area contributed by atoms with Crippen molar-refractivity contribution in [3.63, 3.8) is 0 Å². The summed E-state index contributed by atoms with van der Waals surface area (Å²) in [7, 11) is 0. The Morgan fingerprint density at radius 2 is 1.96 bits per heavy atom. The fourth-order valence-corrected chi connectivity index (χ4v) is 2.61. The summed E-state index contributed by atoms with van der Waals surface area (Å²) in [6.45, 7) is 1.51. The minimum absolute atomic E-state index is 0.0916. The third-order valence-corrected chi connectivity index (χ3v) is 4.04. The molecule has 138 valence electrons. The number of aryl methyl sites for hydroxylation is 1. The Balaban J connectivity index is 1.93. The third kappa shape index (κ3) is 3.84. The van der Waals surface area contributed by atoms with E-state index in [9.17, 15) is 18.9 Å². The van der Waals surface area contributed by atoms with Gasteiger partial charge in [0.15, 0.2) is 17.4 Å². The molecule has 3 rings (SSSR count). The smallest absolute Gasteiger partial charge is 0.272 e. The van der Waals surface area contributed by atoms with Crippen molar-refractivity contribution in [1.82, 2.24) is 4.98 Å². The quantitative estimate of drug-likeness (QED) is 0.525. The lowest BCUT2D eigenvalue weighted by atomic mass is 10.0. The number of hydrogen-bond acceptors (Lipinski definition) is 5. The Kier molecular flexibility index (Phi) is 4.98. The van der Waals surface area contributed by atoms with Crippen molar-refractivity contribution < 1.29 is 18.4 Å². The molecule has 0 radical (unpaired) electrons. The second-order valence-corrected chi connectivity index (χ2v) is 5.91. The lowest BCUT2D eigenvalue weighted by molar-refractivity contribution is -0.385. The minimum atomic E-state index is -0.883. The summed E-state index contributed by atoms with van der Waals surface area (Å²) >= 11 is 0. The van der Waals surface area contributed by atoms with Crippen molar-refractivity contribution in [3.05, 3.63) is 87.2 Å². The van der Waals surface area contributed by atoms with Gasteiger partial charge in [-0.3, -0.25) is 15.1 Å². The van der Waals surface area contributed by atoms with Crippen molar-refractivity contribution in [2.45, 2.75) is 13.3 Å². The monoisotopic (exact) mass is 371 g/mol. The molecule has 0 aliphatic carbocycles. The van der Waals surface area contributed by atoms with Crippen molar-refractivity contribution in [2.24, 2.45) is 0 Å². The van der Waals surface area contributed by atoms with E-state index in [4.69, 9.17) is 10.5 Å². The first kappa shape index (κ1) is 18.2. The first-order valence-corrected chi connectivity index (χ1v) is 7.95. The van der Waals surface area contributed by atoms with Gasteiger partial charge in [-0.2, -0.15) is 0 Å². The molecule has 0 bridgehead atoms. The van der Waals surface area contributed by atoms with E-state index < -0.39 is 22.3 Å². The molecule has 0 saturated carbocycles. The molecule has 2 N–H and O–H groups in total. The summed E-state index contributed by atoms with van der Waals surface area (Å²) in [5.41, 5.74) is 7.28. The number of halogens is 2. The van der Waals surface area contributed by atoms with Crippen LogP contribution in [0.1, 0.15) is 16.7 Å². The number of aromatic nitrogens is 1. The largest absolute Gasteiger partial charge is 0.451 e. The van der Waals surface area contributed by atoms with Crippen LogP contribution in [0, 0.1) is 28.7 Å². The van der Waals surface area contributed by atoms with Crippen LogP contribution in [-0.2, 0) is 6.42 Å². The van der Waals surface area contributed by atoms with Crippen LogP contribution in [0.2, 0.25) is 0 Å². The van der Waals surface area contributed by atoms with E-state index in [0.717, 1.165) is 6.07 Å². The van der Waals surface area contributed by atoms with E-state index >= 15 is 0 Å². The summed E-state index contributed by atoms with van der Waals surface area (Å²) in [5, 5.41) is 10.9. The van der Waals surface area contributed by atoms with Crippen molar-refractivity contribution in [2.75, 3.05) is 5.73 Å². The molecule has 3 aromatic rings. The summed E-state index contributed by atoms with van der Waals surface area (Å²) in [5.74, 6) is -2.24. The summed E-state index contributed by atoms with van der Waals surface area (Å²) in [4.78, 5) is 14.3. The Morgan fingerprint density at radius 1 is 1.19 bits per heavy atom. The standard InChI is InChI=1S/C19H15F2N3O3/c1-11-8-14(3-5-17(11)24(25)26)27-19-15(20)4-2-12(18(19)21)9-13-10-23-7-6-16(13)22/h2-8,10H,9H2,1H3,(H2,22,23). The topological polar surface area (TPSA) is 91.3 Å². The zero-order chi connectivity index (χ0) is 19.6. The molecule has 0 aliphatic rings. The molecule has 0 atom stereocenters. The van der Waals surface area contributed by atoms with E-state index in [1.165, 1.54) is 43.6 Å². The highest BCUT2D eigenvalue weighted by atomic mass is 19.1. The van der Waals surface area contributed by atoms with Gasteiger partial charge in [0.2, 0.25) is 0 Å². The van der Waals surface area contributed by atoms with Gasteiger partial charge in [-0.15, -0.1) is 0 Å². The molecule has 0 amide bonds. The molecule has 0 fully saturated rings. The highest BCUT2D eigenvalue weighted by Crippen LogP contribution is 2.33. The molecular weight excluding hydrogens is 356 g/mol. The van der Waals surface area contributed by atoms with Gasteiger partial charge in [0.05, 0.1) is 4.92 Å². The molecule has 0 aliphatic heterocycles. The van der Waals surface area contributed by atoms with E-state index in [1.807, 2.05) is 0 Å². The summed E-state index contributed by atoms with van der Waals surface area (Å²) < 4.78 is 34.3. The van der Waals surface area contributed by atoms with Gasteiger partial charge in [-0.05, 0) is 42.3 Å². The SMILES string of the molecule is Cc1cc(Oc2c(F)ccc(Cc3cnccc3N)c2F)ccc1[N+](=O)[O-]. The van der Waals surface area contributed by atoms with Crippen LogP contribution in [0.15, 0.2) is 48.8 Å². The van der Waals surface area contributed by atoms with Gasteiger partial charge >= 0.3 is 0 Å². The number of nitrogen functional groups attached to an aromatic ring is 1. The van der Waals surface area contributed by atoms with Crippen LogP contribution in [0.4, 0.5) is 20.2 Å². The number of benzene rings is 2. The van der Waals surface area contributed by atoms with Crippen LogP contribution < -0.4 is 10.5 Å². The van der Waals surface area contributed by atoms with Gasteiger partial charge in [-0.25, -0.2) is 8.78 Å². The Hall–Kier alpha value is -3.55. The number of ether oxygens (including phenoxy) is 1. The number of nitro benzene ring substituents is 1. The van der Waals surface area contributed by atoms with Gasteiger partial charge in [-0.1, -0.05) is 6.07 Å². The summed E-state index contributed by atoms with van der Waals surface area (Å²) in [6, 6.07) is 7.86. The van der Waals surface area contributed by atoms with Crippen LogP contribution in [0.3, 0.4) is 0 Å². The van der Waals surface area contributed by atoms with Crippen LogP contribution in [-0.4, -0.2) is 9.91 Å². The van der Waals surface area contributed by atoms with Gasteiger partial charge in [0.1, 0.15) is 5.75 Å². The Labute approximate surface area is 153 Å². The molecule has 8 heteroatoms. The molecule has 1 aromatic heterocycles. The van der Waals surface area contributed by atoms with Gasteiger partial charge in [0, 0.05) is 36.1 Å². The zero-order valence-electron chi connectivity index (χ0n) is 14.3. The van der Waals surface area contributed by atoms with E-state index in [2.05, 4.69) is 4.98 Å². The van der Waals surface area contributed by atoms with E-state index in [0.29, 0.717) is 16.8 Å². The third-order valence-electron chi connectivity index (χ3n) is 4.04. The second-order valence-electron chi connectivity index (χ2n) is 5.91. The number of anilines is 1. The van der Waals surface area contributed by atoms with Gasteiger partial charge < -0.3 is 10.5 Å². The molecular formula is C19H15F2N3O3. The van der Waals surface area contributed by atoms with Gasteiger partial charge in [0.25, 0.3) is 5.69 Å². The van der Waals surface area contributed by atoms with Crippen LogP contribution in [0.25, 0.3) is 0 Å². The molecule has 0 unspecified atom stereocenters. The molecule has 1 heterocycles.